The van der Waals surface area contributed by atoms with E-state index in [0.717, 1.165) is 0 Å². The van der Waals surface area contributed by atoms with Crippen LogP contribution in [-0.2, 0) is 15.8 Å². The molecule has 0 saturated carbocycles. The molecule has 8 heteroatoms. The predicted octanol–water partition coefficient (Wildman–Crippen LogP) is 2.20. The van der Waals surface area contributed by atoms with Crippen molar-refractivity contribution >= 4 is 26.8 Å². The van der Waals surface area contributed by atoms with Crippen molar-refractivity contribution in [2.24, 2.45) is 0 Å². The van der Waals surface area contributed by atoms with E-state index in [1.807, 2.05) is 0 Å². The number of oxazole rings is 1. The Morgan fingerprint density at radius 2 is 1.86 bits per heavy atom. The number of benzene rings is 2. The van der Waals surface area contributed by atoms with Gasteiger partial charge in [0.25, 0.3) is 0 Å². The Bertz CT molecular complexity index is 974. The average molecular weight is 322 g/mol. The molecule has 6 nitrogen and oxygen atoms in total. The second kappa shape index (κ2) is 5.30. The number of nitrogens with one attached hydrogen (secondary N) is 2. The number of sulfonamides is 1. The summed E-state index contributed by atoms with van der Waals surface area (Å²) in [5.74, 6) is -1.32. The molecule has 1 heterocycles. The molecule has 0 spiro atoms. The van der Waals surface area contributed by atoms with E-state index in [-0.39, 0.29) is 5.75 Å². The molecule has 114 valence electrons. The molecule has 3 aromatic rings. The molecule has 0 aliphatic carbocycles. The van der Waals surface area contributed by atoms with E-state index in [0.29, 0.717) is 22.4 Å². The Morgan fingerprint density at radius 1 is 1.14 bits per heavy atom. The summed E-state index contributed by atoms with van der Waals surface area (Å²) >= 11 is 0. The van der Waals surface area contributed by atoms with Crippen LogP contribution in [0.5, 0.6) is 0 Å². The van der Waals surface area contributed by atoms with Crippen LogP contribution in [0.3, 0.4) is 0 Å². The maximum atomic E-state index is 12.8. The van der Waals surface area contributed by atoms with Gasteiger partial charge in [-0.1, -0.05) is 12.1 Å². The molecule has 0 atom stereocenters. The van der Waals surface area contributed by atoms with Crippen LogP contribution < -0.4 is 10.5 Å². The molecule has 22 heavy (non-hydrogen) atoms. The van der Waals surface area contributed by atoms with Gasteiger partial charge in [0.15, 0.2) is 5.58 Å². The number of hydrogen-bond donors (Lipinski definition) is 2. The van der Waals surface area contributed by atoms with Crippen LogP contribution in [0.25, 0.3) is 11.1 Å². The highest BCUT2D eigenvalue weighted by Gasteiger charge is 2.13. The molecule has 0 aliphatic rings. The Labute approximate surface area is 124 Å². The quantitative estimate of drug-likeness (QED) is 0.770. The molecule has 0 fully saturated rings. The molecule has 0 aliphatic heterocycles. The average Bonchev–Trinajstić information content (AvgIpc) is 2.80. The van der Waals surface area contributed by atoms with Crippen LogP contribution in [0.2, 0.25) is 0 Å². The number of halogens is 1. The summed E-state index contributed by atoms with van der Waals surface area (Å²) in [5, 5.41) is 0. The lowest BCUT2D eigenvalue weighted by Gasteiger charge is -2.08. The van der Waals surface area contributed by atoms with Gasteiger partial charge in [-0.05, 0) is 35.9 Å². The molecule has 0 bridgehead atoms. The third-order valence-electron chi connectivity index (χ3n) is 2.96. The van der Waals surface area contributed by atoms with Gasteiger partial charge in [0.1, 0.15) is 5.82 Å². The highest BCUT2D eigenvalue weighted by Crippen LogP contribution is 2.18. The number of H-pyrrole nitrogens is 1. The van der Waals surface area contributed by atoms with Gasteiger partial charge < -0.3 is 4.42 Å². The van der Waals surface area contributed by atoms with Gasteiger partial charge in [0.05, 0.1) is 17.0 Å². The van der Waals surface area contributed by atoms with Crippen LogP contribution >= 0.6 is 0 Å². The molecule has 1 aromatic heterocycles. The monoisotopic (exact) mass is 322 g/mol. The van der Waals surface area contributed by atoms with Crippen molar-refractivity contribution in [1.82, 2.24) is 4.98 Å². The minimum Gasteiger partial charge on any atom is -0.408 e. The van der Waals surface area contributed by atoms with Gasteiger partial charge >= 0.3 is 5.76 Å². The lowest BCUT2D eigenvalue weighted by molar-refractivity contribution is 0.555. The zero-order valence-corrected chi connectivity index (χ0v) is 12.0. The minimum atomic E-state index is -3.66. The smallest absolute Gasteiger partial charge is 0.408 e. The summed E-state index contributed by atoms with van der Waals surface area (Å²) in [7, 11) is -3.66. The van der Waals surface area contributed by atoms with E-state index in [1.54, 1.807) is 0 Å². The van der Waals surface area contributed by atoms with Crippen LogP contribution in [-0.4, -0.2) is 13.4 Å². The summed E-state index contributed by atoms with van der Waals surface area (Å²) in [4.78, 5) is 13.5. The number of hydrogen-bond acceptors (Lipinski definition) is 4. The standard InChI is InChI=1S/C14H11FN2O4S/c15-10-3-1-9(2-4-10)8-22(19,20)17-11-5-6-13-12(7-11)16-14(18)21-13/h1-7,17H,8H2,(H,16,18). The van der Waals surface area contributed by atoms with E-state index in [2.05, 4.69) is 9.71 Å². The fourth-order valence-electron chi connectivity index (χ4n) is 2.03. The van der Waals surface area contributed by atoms with Crippen LogP contribution in [0.15, 0.2) is 51.7 Å². The lowest BCUT2D eigenvalue weighted by atomic mass is 10.2. The Hall–Kier alpha value is -2.61. The Morgan fingerprint density at radius 3 is 2.59 bits per heavy atom. The molecule has 0 amide bonds. The maximum absolute atomic E-state index is 12.8. The zero-order valence-electron chi connectivity index (χ0n) is 11.2. The normalized spacial score (nSPS) is 11.7. The number of aromatic amines is 1. The van der Waals surface area contributed by atoms with Crippen molar-refractivity contribution in [1.29, 1.82) is 0 Å². The summed E-state index contributed by atoms with van der Waals surface area (Å²) in [6.07, 6.45) is 0. The number of fused-ring (bicyclic) bond motifs is 1. The van der Waals surface area contributed by atoms with Crippen molar-refractivity contribution < 1.29 is 17.2 Å². The first-order chi connectivity index (χ1) is 10.4. The zero-order chi connectivity index (χ0) is 15.7. The van der Waals surface area contributed by atoms with Crippen molar-refractivity contribution in [2.75, 3.05) is 4.72 Å². The van der Waals surface area contributed by atoms with E-state index in [1.165, 1.54) is 42.5 Å². The molecular formula is C14H11FN2O4S. The molecule has 0 radical (unpaired) electrons. The van der Waals surface area contributed by atoms with Gasteiger partial charge in [-0.15, -0.1) is 0 Å². The van der Waals surface area contributed by atoms with Gasteiger partial charge in [0, 0.05) is 0 Å². The molecule has 3 rings (SSSR count). The molecular weight excluding hydrogens is 311 g/mol. The lowest BCUT2D eigenvalue weighted by Crippen LogP contribution is -2.15. The van der Waals surface area contributed by atoms with E-state index < -0.39 is 21.6 Å². The van der Waals surface area contributed by atoms with Crippen molar-refractivity contribution in [2.45, 2.75) is 5.75 Å². The summed E-state index contributed by atoms with van der Waals surface area (Å²) in [6, 6.07) is 9.66. The molecule has 0 unspecified atom stereocenters. The minimum absolute atomic E-state index is 0.285. The number of aromatic nitrogens is 1. The van der Waals surface area contributed by atoms with Gasteiger partial charge in [-0.3, -0.25) is 9.71 Å². The van der Waals surface area contributed by atoms with E-state index >= 15 is 0 Å². The highest BCUT2D eigenvalue weighted by atomic mass is 32.2. The first kappa shape index (κ1) is 14.3. The van der Waals surface area contributed by atoms with Crippen molar-refractivity contribution in [3.8, 4) is 0 Å². The van der Waals surface area contributed by atoms with Gasteiger partial charge in [0.2, 0.25) is 10.0 Å². The number of anilines is 1. The van der Waals surface area contributed by atoms with Crippen LogP contribution in [0.1, 0.15) is 5.56 Å². The van der Waals surface area contributed by atoms with Crippen molar-refractivity contribution in [3.63, 3.8) is 0 Å². The summed E-state index contributed by atoms with van der Waals surface area (Å²) in [6.45, 7) is 0. The number of rotatable bonds is 4. The Balaban J connectivity index is 1.82. The molecule has 0 saturated heterocycles. The van der Waals surface area contributed by atoms with Gasteiger partial charge in [-0.25, -0.2) is 17.6 Å². The second-order valence-electron chi connectivity index (χ2n) is 4.71. The fourth-order valence-corrected chi connectivity index (χ4v) is 3.22. The third-order valence-corrected chi connectivity index (χ3v) is 4.22. The molecule has 2 N–H and O–H groups in total. The predicted molar refractivity (Wildman–Crippen MR) is 79.5 cm³/mol. The van der Waals surface area contributed by atoms with Crippen LogP contribution in [0.4, 0.5) is 10.1 Å². The maximum Gasteiger partial charge on any atom is 0.417 e. The fraction of sp³-hybridized carbons (Fsp3) is 0.0714. The van der Waals surface area contributed by atoms with Crippen LogP contribution in [0, 0.1) is 5.82 Å². The third kappa shape index (κ3) is 3.17. The molecule has 2 aromatic carbocycles. The first-order valence-electron chi connectivity index (χ1n) is 6.29. The summed E-state index contributed by atoms with van der Waals surface area (Å²) in [5.41, 5.74) is 1.50. The van der Waals surface area contributed by atoms with E-state index in [9.17, 15) is 17.6 Å². The largest absolute Gasteiger partial charge is 0.417 e. The van der Waals surface area contributed by atoms with Gasteiger partial charge in [-0.2, -0.15) is 0 Å². The SMILES string of the molecule is O=c1[nH]c2cc(NS(=O)(=O)Cc3ccc(F)cc3)ccc2o1. The van der Waals surface area contributed by atoms with E-state index in [4.69, 9.17) is 4.42 Å². The van der Waals surface area contributed by atoms with Crippen molar-refractivity contribution in [3.05, 3.63) is 64.4 Å². The first-order valence-corrected chi connectivity index (χ1v) is 7.94. The summed E-state index contributed by atoms with van der Waals surface area (Å²) < 4.78 is 44.2. The highest BCUT2D eigenvalue weighted by molar-refractivity contribution is 7.91. The Kier molecular flexibility index (Phi) is 3.45. The topological polar surface area (TPSA) is 92.2 Å². The second-order valence-corrected chi connectivity index (χ2v) is 6.44.